The molecule has 1 unspecified atom stereocenters. The first-order chi connectivity index (χ1) is 12.2. The normalized spacial score (nSPS) is 21.4. The molecule has 2 aliphatic rings. The number of nitrogens with one attached hydrogen (secondary N) is 1. The molecular weight excluding hydrogens is 332 g/mol. The van der Waals surface area contributed by atoms with Gasteiger partial charge in [0, 0.05) is 43.3 Å². The number of thiazole rings is 1. The second-order valence-electron chi connectivity index (χ2n) is 7.20. The van der Waals surface area contributed by atoms with Crippen LogP contribution in [-0.2, 0) is 13.6 Å². The first-order valence-corrected chi connectivity index (χ1v) is 10.1. The van der Waals surface area contributed by atoms with E-state index in [0.717, 1.165) is 31.1 Å². The van der Waals surface area contributed by atoms with Gasteiger partial charge in [-0.1, -0.05) is 6.42 Å². The Morgan fingerprint density at radius 1 is 1.32 bits per heavy atom. The van der Waals surface area contributed by atoms with E-state index in [2.05, 4.69) is 32.0 Å². The van der Waals surface area contributed by atoms with Gasteiger partial charge < -0.3 is 9.88 Å². The van der Waals surface area contributed by atoms with E-state index in [0.29, 0.717) is 6.04 Å². The van der Waals surface area contributed by atoms with Crippen LogP contribution in [0.1, 0.15) is 70.1 Å². The number of nitrogens with zero attached hydrogens (tertiary/aromatic N) is 3. The third-order valence-corrected chi connectivity index (χ3v) is 6.58. The molecule has 0 aromatic carbocycles. The monoisotopic (exact) mass is 358 g/mol. The summed E-state index contributed by atoms with van der Waals surface area (Å²) in [4.78, 5) is 20.6. The molecule has 1 saturated heterocycles. The summed E-state index contributed by atoms with van der Waals surface area (Å²) >= 11 is 1.89. The third-order valence-electron chi connectivity index (χ3n) is 5.43. The molecular formula is C19H26N4OS. The zero-order valence-electron chi connectivity index (χ0n) is 15.0. The number of hydrogen-bond acceptors (Lipinski definition) is 4. The smallest absolute Gasteiger partial charge is 0.267 e. The zero-order chi connectivity index (χ0) is 17.4. The molecule has 1 aliphatic carbocycles. The topological polar surface area (TPSA) is 50.2 Å². The van der Waals surface area contributed by atoms with Crippen LogP contribution in [0.3, 0.4) is 0 Å². The van der Waals surface area contributed by atoms with Crippen molar-refractivity contribution >= 4 is 17.2 Å². The second kappa shape index (κ2) is 6.92. The van der Waals surface area contributed by atoms with Crippen LogP contribution < -0.4 is 5.32 Å². The first-order valence-electron chi connectivity index (χ1n) is 9.23. The molecule has 2 fully saturated rings. The van der Waals surface area contributed by atoms with E-state index in [4.69, 9.17) is 0 Å². The minimum atomic E-state index is -0.0207. The fraction of sp³-hybridized carbons (Fsp3) is 0.579. The van der Waals surface area contributed by atoms with Gasteiger partial charge in [-0.05, 0) is 44.4 Å². The molecule has 1 aliphatic heterocycles. The van der Waals surface area contributed by atoms with Gasteiger partial charge in [-0.15, -0.1) is 11.3 Å². The summed E-state index contributed by atoms with van der Waals surface area (Å²) in [5.41, 5.74) is 1.97. The summed E-state index contributed by atoms with van der Waals surface area (Å²) in [6.07, 6.45) is 8.34. The maximum absolute atomic E-state index is 12.0. The molecule has 0 bridgehead atoms. The molecule has 1 atom stereocenters. The van der Waals surface area contributed by atoms with Crippen LogP contribution >= 0.6 is 11.3 Å². The number of likely N-dealkylation sites (tertiary alicyclic amines) is 1. The summed E-state index contributed by atoms with van der Waals surface area (Å²) in [6, 6.07) is 4.44. The van der Waals surface area contributed by atoms with Crippen molar-refractivity contribution in [1.29, 1.82) is 0 Å². The van der Waals surface area contributed by atoms with Crippen LogP contribution in [0.2, 0.25) is 0 Å². The molecule has 1 saturated carbocycles. The molecule has 1 amide bonds. The highest BCUT2D eigenvalue weighted by Crippen LogP contribution is 2.42. The minimum Gasteiger partial charge on any atom is -0.354 e. The molecule has 134 valence electrons. The summed E-state index contributed by atoms with van der Waals surface area (Å²) in [6.45, 7) is 2.08. The molecule has 1 N–H and O–H groups in total. The van der Waals surface area contributed by atoms with Crippen molar-refractivity contribution in [2.75, 3.05) is 13.6 Å². The van der Waals surface area contributed by atoms with Crippen molar-refractivity contribution in [1.82, 2.24) is 19.8 Å². The second-order valence-corrected chi connectivity index (χ2v) is 8.35. The predicted octanol–water partition coefficient (Wildman–Crippen LogP) is 3.45. The van der Waals surface area contributed by atoms with Crippen molar-refractivity contribution in [2.24, 2.45) is 7.05 Å². The SMILES string of the molecule is CNC(=O)c1ccc(C2CCCCN2Cc2cnc(C3CC3)s2)n1C. The zero-order valence-corrected chi connectivity index (χ0v) is 15.8. The molecule has 0 spiro atoms. The number of rotatable bonds is 5. The molecule has 25 heavy (non-hydrogen) atoms. The number of carbonyl (C=O) groups excluding carboxylic acids is 1. The largest absolute Gasteiger partial charge is 0.354 e. The van der Waals surface area contributed by atoms with E-state index in [1.165, 1.54) is 41.3 Å². The van der Waals surface area contributed by atoms with Gasteiger partial charge in [0.25, 0.3) is 5.91 Å². The maximum atomic E-state index is 12.0. The Morgan fingerprint density at radius 3 is 2.92 bits per heavy atom. The highest BCUT2D eigenvalue weighted by molar-refractivity contribution is 7.11. The van der Waals surface area contributed by atoms with Gasteiger partial charge in [-0.2, -0.15) is 0 Å². The van der Waals surface area contributed by atoms with Crippen LogP contribution in [-0.4, -0.2) is 34.0 Å². The van der Waals surface area contributed by atoms with Crippen LogP contribution in [0.4, 0.5) is 0 Å². The van der Waals surface area contributed by atoms with Crippen LogP contribution in [0.15, 0.2) is 18.3 Å². The Bertz CT molecular complexity index is 761. The van der Waals surface area contributed by atoms with E-state index in [1.807, 2.05) is 24.5 Å². The number of carbonyl (C=O) groups is 1. The lowest BCUT2D eigenvalue weighted by atomic mass is 9.99. The molecule has 6 heteroatoms. The number of piperidine rings is 1. The van der Waals surface area contributed by atoms with Crippen LogP contribution in [0, 0.1) is 0 Å². The lowest BCUT2D eigenvalue weighted by molar-refractivity contribution is 0.0952. The molecule has 3 heterocycles. The Labute approximate surface area is 153 Å². The number of hydrogen-bond donors (Lipinski definition) is 1. The predicted molar refractivity (Wildman–Crippen MR) is 99.9 cm³/mol. The van der Waals surface area contributed by atoms with Crippen molar-refractivity contribution in [3.63, 3.8) is 0 Å². The van der Waals surface area contributed by atoms with E-state index >= 15 is 0 Å². The molecule has 2 aromatic rings. The van der Waals surface area contributed by atoms with E-state index in [1.54, 1.807) is 7.05 Å². The first kappa shape index (κ1) is 16.8. The quantitative estimate of drug-likeness (QED) is 0.891. The van der Waals surface area contributed by atoms with Gasteiger partial charge in [-0.25, -0.2) is 4.98 Å². The summed E-state index contributed by atoms with van der Waals surface area (Å²) < 4.78 is 2.06. The Hall–Kier alpha value is -1.66. The number of amides is 1. The van der Waals surface area contributed by atoms with Crippen molar-refractivity contribution in [2.45, 2.75) is 50.6 Å². The van der Waals surface area contributed by atoms with Gasteiger partial charge in [0.05, 0.1) is 11.0 Å². The Morgan fingerprint density at radius 2 is 2.16 bits per heavy atom. The van der Waals surface area contributed by atoms with Gasteiger partial charge in [0.1, 0.15) is 5.69 Å². The highest BCUT2D eigenvalue weighted by Gasteiger charge is 2.29. The average molecular weight is 359 g/mol. The van der Waals surface area contributed by atoms with Crippen LogP contribution in [0.25, 0.3) is 0 Å². The van der Waals surface area contributed by atoms with Gasteiger partial charge >= 0.3 is 0 Å². The summed E-state index contributed by atoms with van der Waals surface area (Å²) in [5, 5.41) is 4.05. The van der Waals surface area contributed by atoms with E-state index < -0.39 is 0 Å². The molecule has 0 radical (unpaired) electrons. The van der Waals surface area contributed by atoms with Crippen molar-refractivity contribution in [3.8, 4) is 0 Å². The van der Waals surface area contributed by atoms with Gasteiger partial charge in [0.15, 0.2) is 0 Å². The van der Waals surface area contributed by atoms with E-state index in [-0.39, 0.29) is 5.91 Å². The standard InChI is InChI=1S/C19H26N4OS/c1-20-18(24)17-9-8-15(22(17)2)16-5-3-4-10-23(16)12-14-11-21-19(25-14)13-6-7-13/h8-9,11,13,16H,3-7,10,12H2,1-2H3,(H,20,24). The van der Waals surface area contributed by atoms with Crippen molar-refractivity contribution in [3.05, 3.63) is 39.6 Å². The molecule has 4 rings (SSSR count). The fourth-order valence-corrected chi connectivity index (χ4v) is 4.96. The Kier molecular flexibility index (Phi) is 4.65. The van der Waals surface area contributed by atoms with Crippen molar-refractivity contribution < 1.29 is 4.79 Å². The van der Waals surface area contributed by atoms with Gasteiger partial charge in [-0.3, -0.25) is 9.69 Å². The third kappa shape index (κ3) is 3.37. The molecule has 2 aromatic heterocycles. The highest BCUT2D eigenvalue weighted by atomic mass is 32.1. The minimum absolute atomic E-state index is 0.0207. The van der Waals surface area contributed by atoms with Crippen LogP contribution in [0.5, 0.6) is 0 Å². The lowest BCUT2D eigenvalue weighted by Crippen LogP contribution is -2.34. The average Bonchev–Trinajstić information content (AvgIpc) is 3.26. The lowest BCUT2D eigenvalue weighted by Gasteiger charge is -2.35. The van der Waals surface area contributed by atoms with E-state index in [9.17, 15) is 4.79 Å². The fourth-order valence-electron chi connectivity index (χ4n) is 3.85. The molecule has 5 nitrogen and oxygen atoms in total. The van der Waals surface area contributed by atoms with Gasteiger partial charge in [0.2, 0.25) is 0 Å². The Balaban J connectivity index is 1.54. The summed E-state index contributed by atoms with van der Waals surface area (Å²) in [5.74, 6) is 0.714. The maximum Gasteiger partial charge on any atom is 0.267 e. The summed E-state index contributed by atoms with van der Waals surface area (Å²) in [7, 11) is 3.69. The number of aromatic nitrogens is 2.